The van der Waals surface area contributed by atoms with E-state index < -0.39 is 5.91 Å². The van der Waals surface area contributed by atoms with E-state index in [9.17, 15) is 14.4 Å². The maximum absolute atomic E-state index is 13.3. The summed E-state index contributed by atoms with van der Waals surface area (Å²) in [5.74, 6) is -0.196. The number of nitrogens with two attached hydrogens (primary N) is 1. The molecule has 1 fully saturated rings. The van der Waals surface area contributed by atoms with Crippen LogP contribution in [-0.2, 0) is 20.8 Å². The van der Waals surface area contributed by atoms with Crippen molar-refractivity contribution in [3.63, 3.8) is 0 Å². The fourth-order valence-electron chi connectivity index (χ4n) is 4.78. The first kappa shape index (κ1) is 27.8. The van der Waals surface area contributed by atoms with Crippen LogP contribution in [0.5, 0.6) is 0 Å². The maximum Gasteiger partial charge on any atom is 0.239 e. The molecule has 1 aliphatic rings. The minimum atomic E-state index is -0.500. The predicted octanol–water partition coefficient (Wildman–Crippen LogP) is 3.07. The second kappa shape index (κ2) is 14.1. The summed E-state index contributed by atoms with van der Waals surface area (Å²) in [5, 5.41) is 0. The molecule has 2 rings (SSSR count). The van der Waals surface area contributed by atoms with Crippen LogP contribution in [0.2, 0.25) is 0 Å². The van der Waals surface area contributed by atoms with Gasteiger partial charge in [0.05, 0.1) is 12.6 Å². The van der Waals surface area contributed by atoms with Crippen molar-refractivity contribution >= 4 is 17.7 Å². The van der Waals surface area contributed by atoms with Gasteiger partial charge in [-0.05, 0) is 31.2 Å². The van der Waals surface area contributed by atoms with E-state index >= 15 is 0 Å². The van der Waals surface area contributed by atoms with Crippen LogP contribution in [0, 0.1) is 5.92 Å². The number of piperazine rings is 1. The molecule has 1 aromatic carbocycles. The molecule has 7 heteroatoms. The van der Waals surface area contributed by atoms with Crippen LogP contribution in [0.25, 0.3) is 0 Å². The Kier molecular flexibility index (Phi) is 11.5. The zero-order chi connectivity index (χ0) is 25.1. The number of hydrogen-bond donors (Lipinski definition) is 1. The van der Waals surface area contributed by atoms with Crippen LogP contribution in [0.1, 0.15) is 65.4 Å². The monoisotopic (exact) mass is 472 g/mol. The van der Waals surface area contributed by atoms with Crippen molar-refractivity contribution in [1.82, 2.24) is 14.7 Å². The van der Waals surface area contributed by atoms with E-state index in [4.69, 9.17) is 5.73 Å². The van der Waals surface area contributed by atoms with Crippen molar-refractivity contribution in [3.8, 4) is 0 Å². The fourth-order valence-corrected chi connectivity index (χ4v) is 4.78. The normalized spacial score (nSPS) is 19.0. The molecule has 1 aromatic rings. The van der Waals surface area contributed by atoms with Gasteiger partial charge in [-0.2, -0.15) is 0 Å². The van der Waals surface area contributed by atoms with Gasteiger partial charge in [-0.1, -0.05) is 70.4 Å². The topological polar surface area (TPSA) is 87.0 Å². The molecule has 1 aliphatic heterocycles. The second-order valence-corrected chi connectivity index (χ2v) is 9.99. The van der Waals surface area contributed by atoms with E-state index in [0.717, 1.165) is 32.2 Å². The largest absolute Gasteiger partial charge is 0.368 e. The lowest BCUT2D eigenvalue weighted by Gasteiger charge is -2.45. The number of carbonyl (C=O) groups is 3. The van der Waals surface area contributed by atoms with Crippen LogP contribution in [0.15, 0.2) is 30.3 Å². The van der Waals surface area contributed by atoms with Gasteiger partial charge in [0.2, 0.25) is 17.7 Å². The molecule has 2 unspecified atom stereocenters. The molecular formula is C27H44N4O3. The van der Waals surface area contributed by atoms with Gasteiger partial charge >= 0.3 is 0 Å². The zero-order valence-corrected chi connectivity index (χ0v) is 21.5. The third-order valence-electron chi connectivity index (χ3n) is 6.54. The lowest BCUT2D eigenvalue weighted by Crippen LogP contribution is -2.62. The fraction of sp³-hybridized carbons (Fsp3) is 0.667. The first-order valence-electron chi connectivity index (χ1n) is 12.9. The number of amides is 3. The standard InChI is InChI=1S/C27H44N4O3/c1-5-6-7-11-15-29-19-24(17-26(33)30(18-21(2)3)20-25(28)32)31(22(4)27(29)34)16-14-23-12-9-8-10-13-23/h8-10,12-13,21-22,24H,5-7,11,14-20H2,1-4H3,(H2,28,32). The van der Waals surface area contributed by atoms with Gasteiger partial charge in [0.1, 0.15) is 0 Å². The molecular weight excluding hydrogens is 428 g/mol. The summed E-state index contributed by atoms with van der Waals surface area (Å²) in [6.07, 6.45) is 5.50. The molecule has 7 nitrogen and oxygen atoms in total. The smallest absolute Gasteiger partial charge is 0.239 e. The summed E-state index contributed by atoms with van der Waals surface area (Å²) in [5.41, 5.74) is 6.64. The van der Waals surface area contributed by atoms with Crippen molar-refractivity contribution in [2.45, 2.75) is 78.3 Å². The van der Waals surface area contributed by atoms with E-state index in [1.807, 2.05) is 43.9 Å². The summed E-state index contributed by atoms with van der Waals surface area (Å²) >= 11 is 0. The summed E-state index contributed by atoms with van der Waals surface area (Å²) in [4.78, 5) is 43.8. The molecule has 0 bridgehead atoms. The number of rotatable bonds is 14. The molecule has 2 atom stereocenters. The van der Waals surface area contributed by atoms with Crippen molar-refractivity contribution in [2.24, 2.45) is 11.7 Å². The van der Waals surface area contributed by atoms with Crippen LogP contribution < -0.4 is 5.73 Å². The van der Waals surface area contributed by atoms with Crippen molar-refractivity contribution in [2.75, 3.05) is 32.7 Å². The highest BCUT2D eigenvalue weighted by molar-refractivity contribution is 5.85. The van der Waals surface area contributed by atoms with Crippen LogP contribution in [-0.4, -0.2) is 77.2 Å². The molecule has 1 saturated heterocycles. The van der Waals surface area contributed by atoms with Crippen LogP contribution >= 0.6 is 0 Å². The van der Waals surface area contributed by atoms with E-state index in [-0.39, 0.29) is 42.8 Å². The first-order valence-corrected chi connectivity index (χ1v) is 12.9. The Balaban J connectivity index is 2.17. The Hall–Kier alpha value is -2.41. The summed E-state index contributed by atoms with van der Waals surface area (Å²) < 4.78 is 0. The van der Waals surface area contributed by atoms with Gasteiger partial charge in [0.25, 0.3) is 0 Å². The second-order valence-electron chi connectivity index (χ2n) is 9.99. The average Bonchev–Trinajstić information content (AvgIpc) is 2.79. The number of nitrogens with zero attached hydrogens (tertiary/aromatic N) is 3. The first-order chi connectivity index (χ1) is 16.2. The van der Waals surface area contributed by atoms with Gasteiger partial charge in [0.15, 0.2) is 0 Å². The van der Waals surface area contributed by atoms with Gasteiger partial charge in [0, 0.05) is 38.6 Å². The molecule has 0 spiro atoms. The SMILES string of the molecule is CCCCCCN1CC(CC(=O)N(CC(N)=O)CC(C)C)N(CCc2ccccc2)C(C)C1=O. The highest BCUT2D eigenvalue weighted by atomic mass is 16.2. The molecule has 0 saturated carbocycles. The van der Waals surface area contributed by atoms with Crippen LogP contribution in [0.4, 0.5) is 0 Å². The maximum atomic E-state index is 13.3. The minimum absolute atomic E-state index is 0.0665. The molecule has 3 amide bonds. The number of unbranched alkanes of at least 4 members (excludes halogenated alkanes) is 3. The molecule has 1 heterocycles. The van der Waals surface area contributed by atoms with E-state index in [2.05, 4.69) is 24.0 Å². The Morgan fingerprint density at radius 2 is 1.82 bits per heavy atom. The van der Waals surface area contributed by atoms with Gasteiger partial charge in [-0.15, -0.1) is 0 Å². The Labute approximate surface area is 205 Å². The predicted molar refractivity (Wildman–Crippen MR) is 136 cm³/mol. The lowest BCUT2D eigenvalue weighted by atomic mass is 10.00. The number of carbonyl (C=O) groups excluding carboxylic acids is 3. The summed E-state index contributed by atoms with van der Waals surface area (Å²) in [6.45, 7) is 10.6. The van der Waals surface area contributed by atoms with Crippen molar-refractivity contribution in [1.29, 1.82) is 0 Å². The summed E-state index contributed by atoms with van der Waals surface area (Å²) in [7, 11) is 0. The van der Waals surface area contributed by atoms with Gasteiger partial charge < -0.3 is 15.5 Å². The molecule has 2 N–H and O–H groups in total. The van der Waals surface area contributed by atoms with E-state index in [0.29, 0.717) is 19.6 Å². The van der Waals surface area contributed by atoms with Crippen molar-refractivity contribution in [3.05, 3.63) is 35.9 Å². The van der Waals surface area contributed by atoms with E-state index in [1.165, 1.54) is 12.0 Å². The molecule has 0 aromatic heterocycles. The van der Waals surface area contributed by atoms with Gasteiger partial charge in [-0.25, -0.2) is 0 Å². The van der Waals surface area contributed by atoms with Crippen molar-refractivity contribution < 1.29 is 14.4 Å². The van der Waals surface area contributed by atoms with Crippen LogP contribution in [0.3, 0.4) is 0 Å². The lowest BCUT2D eigenvalue weighted by molar-refractivity contribution is -0.148. The molecule has 34 heavy (non-hydrogen) atoms. The van der Waals surface area contributed by atoms with E-state index in [1.54, 1.807) is 4.90 Å². The number of hydrogen-bond acceptors (Lipinski definition) is 4. The number of primary amides is 1. The third kappa shape index (κ3) is 8.75. The minimum Gasteiger partial charge on any atom is -0.368 e. The highest BCUT2D eigenvalue weighted by Crippen LogP contribution is 2.22. The molecule has 0 aliphatic carbocycles. The zero-order valence-electron chi connectivity index (χ0n) is 21.5. The third-order valence-corrected chi connectivity index (χ3v) is 6.54. The number of benzene rings is 1. The molecule has 0 radical (unpaired) electrons. The Morgan fingerprint density at radius 1 is 1.12 bits per heavy atom. The molecule has 190 valence electrons. The highest BCUT2D eigenvalue weighted by Gasteiger charge is 2.39. The quantitative estimate of drug-likeness (QED) is 0.422. The van der Waals surface area contributed by atoms with Gasteiger partial charge in [-0.3, -0.25) is 19.3 Å². The summed E-state index contributed by atoms with van der Waals surface area (Å²) in [6, 6.07) is 9.85. The average molecular weight is 473 g/mol. The Morgan fingerprint density at radius 3 is 2.44 bits per heavy atom. The Bertz CT molecular complexity index is 783.